The van der Waals surface area contributed by atoms with Crippen LogP contribution in [0.4, 0.5) is 0 Å². The normalized spacial score (nSPS) is 27.6. The fourth-order valence-corrected chi connectivity index (χ4v) is 11.4. The van der Waals surface area contributed by atoms with E-state index in [1.165, 1.54) is 95.0 Å². The minimum Gasteiger partial charge on any atom is -0.188 e. The maximum atomic E-state index is 6.81. The molecule has 2 unspecified atom stereocenters. The Morgan fingerprint density at radius 3 is 1.90 bits per heavy atom. The molecule has 0 bridgehead atoms. The molecule has 0 nitrogen and oxygen atoms in total. The third-order valence-corrected chi connectivity index (χ3v) is 12.2. The first-order valence-corrected chi connectivity index (χ1v) is 13.8. The molecule has 3 aliphatic rings. The van der Waals surface area contributed by atoms with Crippen LogP contribution in [0.2, 0.25) is 0 Å². The second-order valence-electron chi connectivity index (χ2n) is 9.79. The van der Waals surface area contributed by atoms with E-state index in [0.29, 0.717) is 5.92 Å². The van der Waals surface area contributed by atoms with Crippen molar-refractivity contribution in [3.05, 3.63) is 48.7 Å². The molecule has 159 valence electrons. The van der Waals surface area contributed by atoms with Crippen molar-refractivity contribution in [1.29, 1.82) is 0 Å². The molecular weight excluding hydrogens is 592 g/mol. The first-order chi connectivity index (χ1) is 13.8. The Morgan fingerprint density at radius 2 is 1.34 bits per heavy atom. The van der Waals surface area contributed by atoms with Crippen LogP contribution in [-0.2, 0) is 0 Å². The van der Waals surface area contributed by atoms with Gasteiger partial charge in [-0.3, -0.25) is 0 Å². The molecular formula is C27H40NpP-. The van der Waals surface area contributed by atoms with E-state index >= 15 is 0 Å². The van der Waals surface area contributed by atoms with Crippen molar-refractivity contribution in [3.63, 3.8) is 0 Å². The van der Waals surface area contributed by atoms with Crippen molar-refractivity contribution in [2.24, 2.45) is 11.8 Å². The Balaban J connectivity index is 0.00000240. The minimum atomic E-state index is 0. The zero-order valence-corrected chi connectivity index (χ0v) is 23.1. The second-order valence-corrected chi connectivity index (χ2v) is 13.0. The van der Waals surface area contributed by atoms with E-state index in [1.54, 1.807) is 0 Å². The van der Waals surface area contributed by atoms with Crippen LogP contribution in [0.1, 0.15) is 96.0 Å². The molecule has 4 rings (SSSR count). The van der Waals surface area contributed by atoms with Crippen molar-refractivity contribution in [2.75, 3.05) is 0 Å². The smallest absolute Gasteiger partial charge is 0 e. The van der Waals surface area contributed by atoms with Gasteiger partial charge in [0, 0.05) is 29.9 Å². The van der Waals surface area contributed by atoms with Gasteiger partial charge in [-0.15, -0.1) is 12.1 Å². The summed E-state index contributed by atoms with van der Waals surface area (Å²) in [6, 6.07) is 10.8. The van der Waals surface area contributed by atoms with Gasteiger partial charge in [-0.1, -0.05) is 91.5 Å². The maximum Gasteiger partial charge on any atom is 0 e. The van der Waals surface area contributed by atoms with Crippen LogP contribution < -0.4 is 0 Å². The average Bonchev–Trinajstić information content (AvgIpc) is 3.25. The van der Waals surface area contributed by atoms with Crippen molar-refractivity contribution in [2.45, 2.75) is 107 Å². The molecule has 0 spiro atoms. The van der Waals surface area contributed by atoms with Gasteiger partial charge in [0.15, 0.2) is 0 Å². The van der Waals surface area contributed by atoms with Crippen LogP contribution in [0.15, 0.2) is 30.3 Å². The quantitative estimate of drug-likeness (QED) is 0.219. The van der Waals surface area contributed by atoms with Crippen LogP contribution in [0.3, 0.4) is 0 Å². The van der Waals surface area contributed by atoms with Crippen molar-refractivity contribution >= 4 is 7.92 Å². The van der Waals surface area contributed by atoms with Gasteiger partial charge in [0.2, 0.25) is 0 Å². The van der Waals surface area contributed by atoms with E-state index < -0.39 is 0 Å². The minimum absolute atomic E-state index is 0. The number of hydrogen-bond acceptors (Lipinski definition) is 0. The van der Waals surface area contributed by atoms with Crippen molar-refractivity contribution in [1.82, 2.24) is 0 Å². The summed E-state index contributed by atoms with van der Waals surface area (Å²) >= 11 is 0. The number of benzene rings is 1. The van der Waals surface area contributed by atoms with E-state index in [2.05, 4.69) is 37.3 Å². The van der Waals surface area contributed by atoms with Gasteiger partial charge in [-0.2, -0.15) is 23.6 Å². The number of hydrogen-bond donors (Lipinski definition) is 0. The molecule has 3 saturated carbocycles. The molecule has 0 saturated heterocycles. The Hall–Kier alpha value is 0.533. The van der Waals surface area contributed by atoms with Gasteiger partial charge < -0.3 is 0 Å². The summed E-state index contributed by atoms with van der Waals surface area (Å²) in [5.41, 5.74) is 4.30. The Morgan fingerprint density at radius 1 is 0.793 bits per heavy atom. The first-order valence-electron chi connectivity index (χ1n) is 12.2. The fraction of sp³-hybridized carbons (Fsp3) is 0.704. The molecule has 1 aromatic carbocycles. The summed E-state index contributed by atoms with van der Waals surface area (Å²) in [5, 5.41) is 0. The van der Waals surface area contributed by atoms with Crippen LogP contribution in [0, 0.1) is 54.6 Å². The summed E-state index contributed by atoms with van der Waals surface area (Å²) in [6.45, 7) is 9.47. The molecule has 3 atom stereocenters. The van der Waals surface area contributed by atoms with Crippen molar-refractivity contribution in [3.8, 4) is 0 Å². The van der Waals surface area contributed by atoms with Gasteiger partial charge in [0.25, 0.3) is 0 Å². The SMILES string of the molecule is [CH][C-](c1ccccc1)C1CCCC1[C@@H](C)P(C1CCCCC1)C1CCCCC1.[Np]. The van der Waals surface area contributed by atoms with E-state index in [-0.39, 0.29) is 37.9 Å². The predicted octanol–water partition coefficient (Wildman–Crippen LogP) is 8.27. The van der Waals surface area contributed by atoms with Gasteiger partial charge >= 0.3 is 0 Å². The molecule has 29 heavy (non-hydrogen) atoms. The van der Waals surface area contributed by atoms with Crippen LogP contribution in [-0.4, -0.2) is 17.0 Å². The summed E-state index contributed by atoms with van der Waals surface area (Å²) in [5.74, 6) is 2.64. The Kier molecular flexibility index (Phi) is 9.97. The maximum absolute atomic E-state index is 6.81. The third-order valence-electron chi connectivity index (χ3n) is 8.16. The zero-order chi connectivity index (χ0) is 19.3. The zero-order valence-electron chi connectivity index (χ0n) is 18.4. The molecule has 3 fully saturated rings. The molecule has 1 aromatic rings. The first kappa shape index (κ1) is 24.2. The summed E-state index contributed by atoms with van der Waals surface area (Å²) in [6.07, 6.45) is 19.2. The largest absolute Gasteiger partial charge is 0.188 e. The monoisotopic (exact) mass is 631 g/mol. The molecule has 0 heterocycles. The van der Waals surface area contributed by atoms with Crippen LogP contribution in [0.25, 0.3) is 0 Å². The van der Waals surface area contributed by atoms with Gasteiger partial charge in [0.05, 0.1) is 0 Å². The molecule has 0 aliphatic heterocycles. The molecule has 0 N–H and O–H groups in total. The summed E-state index contributed by atoms with van der Waals surface area (Å²) in [4.78, 5) is 0. The summed E-state index contributed by atoms with van der Waals surface area (Å²) in [7, 11) is 0.142. The van der Waals surface area contributed by atoms with E-state index in [4.69, 9.17) is 6.92 Å². The van der Waals surface area contributed by atoms with E-state index in [0.717, 1.165) is 22.9 Å². The molecule has 3 aliphatic carbocycles. The van der Waals surface area contributed by atoms with Gasteiger partial charge in [-0.25, -0.2) is 0 Å². The number of rotatable bonds is 6. The van der Waals surface area contributed by atoms with Gasteiger partial charge in [0.1, 0.15) is 0 Å². The predicted molar refractivity (Wildman–Crippen MR) is 124 cm³/mol. The molecule has 2 heteroatoms. The third kappa shape index (κ3) is 5.86. The van der Waals surface area contributed by atoms with Crippen LogP contribution in [0.5, 0.6) is 0 Å². The summed E-state index contributed by atoms with van der Waals surface area (Å²) < 4.78 is 0. The topological polar surface area (TPSA) is 0 Å². The second kappa shape index (κ2) is 12.0. The average molecular weight is 633 g/mol. The molecule has 0 aromatic heterocycles. The van der Waals surface area contributed by atoms with Crippen LogP contribution >= 0.6 is 7.92 Å². The molecule has 3 radical (unpaired) electrons. The van der Waals surface area contributed by atoms with E-state index in [9.17, 15) is 0 Å². The van der Waals surface area contributed by atoms with Gasteiger partial charge in [-0.05, 0) is 48.6 Å². The van der Waals surface area contributed by atoms with Crippen molar-refractivity contribution < 1.29 is 29.9 Å². The molecule has 0 amide bonds. The Bertz CT molecular complexity index is 557. The Labute approximate surface area is 204 Å². The standard InChI is InChI=1S/C27H40P.Np/c1-21(23-13-6-3-7-14-23)26-19-12-20-27(26)22(2)28(24-15-8-4-9-16-24)25-17-10-5-11-18-25;/h1,3,6-7,13-14,22,24-27H,4-5,8-12,15-20H2,2H3;/q-1;/t22-,26?,27?;/m1./s1. The fourth-order valence-electron chi connectivity index (χ4n) is 6.74. The van der Waals surface area contributed by atoms with E-state index in [1.807, 2.05) is 0 Å².